The Hall–Kier alpha value is -4.01. The zero-order valence-electron chi connectivity index (χ0n) is 15.9. The molecule has 0 aliphatic carbocycles. The van der Waals surface area contributed by atoms with Gasteiger partial charge < -0.3 is 0 Å². The van der Waals surface area contributed by atoms with E-state index in [0.29, 0.717) is 28.4 Å². The van der Waals surface area contributed by atoms with E-state index in [2.05, 4.69) is 47.9 Å². The quantitative estimate of drug-likeness (QED) is 0.339. The molecule has 0 aliphatic rings. The maximum absolute atomic E-state index is 12.9. The van der Waals surface area contributed by atoms with Crippen LogP contribution in [0.5, 0.6) is 0 Å². The molecule has 0 bridgehead atoms. The lowest BCUT2D eigenvalue weighted by atomic mass is 10.1. The second-order valence-corrected chi connectivity index (χ2v) is 6.47. The summed E-state index contributed by atoms with van der Waals surface area (Å²) in [6.07, 6.45) is 1.31. The number of tetrazole rings is 1. The van der Waals surface area contributed by atoms with Gasteiger partial charge in [-0.15, -0.1) is 26.3 Å². The van der Waals surface area contributed by atoms with Gasteiger partial charge in [-0.05, 0) is 38.1 Å². The highest BCUT2D eigenvalue weighted by Gasteiger charge is 2.16. The Labute approximate surface area is 163 Å². The minimum atomic E-state index is -0.426. The lowest BCUT2D eigenvalue weighted by Gasteiger charge is -2.12. The van der Waals surface area contributed by atoms with Gasteiger partial charge in [0.15, 0.2) is 6.33 Å². The predicted octanol–water partition coefficient (Wildman–Crippen LogP) is -0.272. The summed E-state index contributed by atoms with van der Waals surface area (Å²) in [5.74, 6) is 5.62. The number of nitrogens with zero attached hydrogens (tertiary/aromatic N) is 10. The van der Waals surface area contributed by atoms with Gasteiger partial charge in [0.25, 0.3) is 11.1 Å². The van der Waals surface area contributed by atoms with E-state index in [0.717, 1.165) is 0 Å². The smallest absolute Gasteiger partial charge is 0.267 e. The third-order valence-corrected chi connectivity index (χ3v) is 4.45. The highest BCUT2D eigenvalue weighted by molar-refractivity contribution is 5.93. The van der Waals surface area contributed by atoms with Crippen molar-refractivity contribution in [2.75, 3.05) is 0 Å². The van der Waals surface area contributed by atoms with Gasteiger partial charge in [-0.25, -0.2) is 4.68 Å². The predicted molar refractivity (Wildman–Crippen MR) is 102 cm³/mol. The van der Waals surface area contributed by atoms with Crippen LogP contribution < -0.4 is 11.1 Å². The van der Waals surface area contributed by atoms with Crippen LogP contribution in [-0.2, 0) is 6.54 Å². The van der Waals surface area contributed by atoms with Crippen LogP contribution in [0.1, 0.15) is 32.9 Å². The average molecular weight is 392 g/mol. The molecule has 0 aliphatic heterocycles. The Morgan fingerprint density at radius 2 is 1.59 bits per heavy atom. The molecule has 12 nitrogen and oxygen atoms in total. The molecule has 146 valence electrons. The minimum absolute atomic E-state index is 0.291. The molecule has 12 heteroatoms. The minimum Gasteiger partial charge on any atom is -0.267 e. The molecule has 0 amide bonds. The van der Waals surface area contributed by atoms with Crippen molar-refractivity contribution in [1.82, 2.24) is 50.2 Å². The first kappa shape index (κ1) is 18.4. The van der Waals surface area contributed by atoms with E-state index in [1.807, 2.05) is 0 Å². The summed E-state index contributed by atoms with van der Waals surface area (Å²) >= 11 is 0. The maximum atomic E-state index is 12.9. The molecular weight excluding hydrogens is 376 g/mol. The lowest BCUT2D eigenvalue weighted by molar-refractivity contribution is 0.354. The summed E-state index contributed by atoms with van der Waals surface area (Å²) in [5, 5.41) is 28.1. The monoisotopic (exact) mass is 392 g/mol. The van der Waals surface area contributed by atoms with Gasteiger partial charge in [0, 0.05) is 0 Å². The standard InChI is InChI=1S/C17H16N10O2/c1-4-5-10(2)26-16(28)12-6-15-13(7-14(12)20-23-26)17(29)27(24-21-15)11(3)8-25-19-9-18-22-25/h6-7,9-11H,8H2,1-3H3. The van der Waals surface area contributed by atoms with Crippen molar-refractivity contribution in [3.63, 3.8) is 0 Å². The van der Waals surface area contributed by atoms with Gasteiger partial charge in [0.05, 0.1) is 23.4 Å². The molecule has 2 unspecified atom stereocenters. The highest BCUT2D eigenvalue weighted by Crippen LogP contribution is 2.15. The molecule has 0 fully saturated rings. The first-order valence-electron chi connectivity index (χ1n) is 8.81. The number of aromatic nitrogens is 10. The molecule has 0 spiro atoms. The fraction of sp³-hybridized carbons (Fsp3) is 0.353. The van der Waals surface area contributed by atoms with Crippen molar-refractivity contribution in [3.05, 3.63) is 39.2 Å². The van der Waals surface area contributed by atoms with Crippen LogP contribution in [0.3, 0.4) is 0 Å². The summed E-state index contributed by atoms with van der Waals surface area (Å²) in [4.78, 5) is 27.1. The topological polar surface area (TPSA) is 139 Å². The third kappa shape index (κ3) is 3.22. The zero-order chi connectivity index (χ0) is 20.5. The average Bonchev–Trinajstić information content (AvgIpc) is 3.21. The Balaban J connectivity index is 1.83. The maximum Gasteiger partial charge on any atom is 0.278 e. The second kappa shape index (κ2) is 7.19. The number of hydrogen-bond donors (Lipinski definition) is 0. The van der Waals surface area contributed by atoms with Crippen LogP contribution in [0.4, 0.5) is 0 Å². The van der Waals surface area contributed by atoms with E-state index in [1.54, 1.807) is 20.8 Å². The number of hydrogen-bond acceptors (Lipinski definition) is 9. The third-order valence-electron chi connectivity index (χ3n) is 4.45. The van der Waals surface area contributed by atoms with Crippen LogP contribution in [0.15, 0.2) is 28.0 Å². The summed E-state index contributed by atoms with van der Waals surface area (Å²) in [7, 11) is 0. The summed E-state index contributed by atoms with van der Waals surface area (Å²) < 4.78 is 2.44. The molecule has 0 N–H and O–H groups in total. The van der Waals surface area contributed by atoms with Gasteiger partial charge in [0.1, 0.15) is 17.1 Å². The number of rotatable bonds is 4. The fourth-order valence-electron chi connectivity index (χ4n) is 3.00. The fourth-order valence-corrected chi connectivity index (χ4v) is 3.00. The summed E-state index contributed by atoms with van der Waals surface area (Å²) in [6.45, 7) is 5.53. The molecule has 0 saturated heterocycles. The van der Waals surface area contributed by atoms with Crippen molar-refractivity contribution in [2.24, 2.45) is 0 Å². The van der Waals surface area contributed by atoms with Crippen LogP contribution in [0, 0.1) is 11.8 Å². The van der Waals surface area contributed by atoms with Crippen molar-refractivity contribution in [2.45, 2.75) is 39.4 Å². The molecule has 2 atom stereocenters. The summed E-state index contributed by atoms with van der Waals surface area (Å²) in [5.41, 5.74) is -0.113. The first-order chi connectivity index (χ1) is 14.0. The second-order valence-electron chi connectivity index (χ2n) is 6.47. The number of fused-ring (bicyclic) bond motifs is 2. The van der Waals surface area contributed by atoms with Gasteiger partial charge in [-0.2, -0.15) is 9.48 Å². The molecule has 3 aromatic heterocycles. The van der Waals surface area contributed by atoms with Crippen molar-refractivity contribution in [3.8, 4) is 11.8 Å². The Kier molecular flexibility index (Phi) is 4.55. The van der Waals surface area contributed by atoms with E-state index in [4.69, 9.17) is 0 Å². The highest BCUT2D eigenvalue weighted by atomic mass is 16.1. The van der Waals surface area contributed by atoms with Crippen LogP contribution in [0.25, 0.3) is 21.8 Å². The van der Waals surface area contributed by atoms with Gasteiger partial charge >= 0.3 is 0 Å². The van der Waals surface area contributed by atoms with Crippen molar-refractivity contribution < 1.29 is 0 Å². The van der Waals surface area contributed by atoms with Crippen molar-refractivity contribution >= 4 is 21.8 Å². The molecule has 1 aromatic carbocycles. The Bertz CT molecular complexity index is 1380. The number of benzene rings is 1. The largest absolute Gasteiger partial charge is 0.278 e. The van der Waals surface area contributed by atoms with E-state index in [-0.39, 0.29) is 17.2 Å². The Morgan fingerprint density at radius 1 is 0.966 bits per heavy atom. The first-order valence-corrected chi connectivity index (χ1v) is 8.81. The molecule has 4 aromatic rings. The molecule has 0 saturated carbocycles. The van der Waals surface area contributed by atoms with E-state index in [9.17, 15) is 9.59 Å². The van der Waals surface area contributed by atoms with Crippen LogP contribution >= 0.6 is 0 Å². The van der Waals surface area contributed by atoms with Gasteiger partial charge in [0.2, 0.25) is 0 Å². The van der Waals surface area contributed by atoms with Crippen LogP contribution in [-0.4, -0.2) is 50.2 Å². The van der Waals surface area contributed by atoms with E-state index in [1.165, 1.54) is 32.6 Å². The van der Waals surface area contributed by atoms with Gasteiger partial charge in [-0.3, -0.25) is 9.59 Å². The molecular formula is C17H16N10O2. The molecule has 4 rings (SSSR count). The van der Waals surface area contributed by atoms with Crippen LogP contribution in [0.2, 0.25) is 0 Å². The normalized spacial score (nSPS) is 13.2. The SMILES string of the molecule is CC#CC(C)n1nnc2cc3c(=O)n(C(C)Cn4ncnn4)nnc3cc2c1=O. The zero-order valence-corrected chi connectivity index (χ0v) is 15.9. The lowest BCUT2D eigenvalue weighted by Crippen LogP contribution is -2.30. The molecule has 0 radical (unpaired) electrons. The van der Waals surface area contributed by atoms with E-state index < -0.39 is 6.04 Å². The van der Waals surface area contributed by atoms with Crippen molar-refractivity contribution in [1.29, 1.82) is 0 Å². The molecule has 29 heavy (non-hydrogen) atoms. The van der Waals surface area contributed by atoms with Gasteiger partial charge in [-0.1, -0.05) is 16.3 Å². The Morgan fingerprint density at radius 3 is 2.17 bits per heavy atom. The van der Waals surface area contributed by atoms with E-state index >= 15 is 0 Å². The molecule has 3 heterocycles. The summed E-state index contributed by atoms with van der Waals surface area (Å²) in [6, 6.07) is 2.22.